The van der Waals surface area contributed by atoms with Crippen molar-refractivity contribution in [1.29, 1.82) is 0 Å². The number of allylic oxidation sites excluding steroid dienone is 2. The number of aromatic hydroxyl groups is 1. The van der Waals surface area contributed by atoms with Crippen LogP contribution in [0, 0.1) is 29.6 Å². The summed E-state index contributed by atoms with van der Waals surface area (Å²) >= 11 is 0. The molecule has 8 nitrogen and oxygen atoms in total. The first-order valence-corrected chi connectivity index (χ1v) is 16.7. The van der Waals surface area contributed by atoms with Gasteiger partial charge in [-0.2, -0.15) is 52.7 Å². The molecule has 3 aromatic rings. The van der Waals surface area contributed by atoms with Crippen molar-refractivity contribution in [2.24, 2.45) is 29.6 Å². The van der Waals surface area contributed by atoms with Gasteiger partial charge in [-0.05, 0) is 67.3 Å². The molecule has 1 saturated carbocycles. The van der Waals surface area contributed by atoms with E-state index in [4.69, 9.17) is 4.74 Å². The number of ether oxygens (including phenoxy) is 1. The Kier molecular flexibility index (Phi) is 9.04. The maximum atomic E-state index is 14.3. The number of amides is 4. The molecule has 1 N–H and O–H groups in total. The maximum absolute atomic E-state index is 14.3. The summed E-state index contributed by atoms with van der Waals surface area (Å²) < 4.78 is 171. The predicted octanol–water partition coefficient (Wildman–Crippen LogP) is 8.52. The number of hydrogen-bond donors (Lipinski definition) is 1. The molecule has 7 rings (SSSR count). The molecule has 302 valence electrons. The zero-order valence-electron chi connectivity index (χ0n) is 28.6. The van der Waals surface area contributed by atoms with Gasteiger partial charge in [0.25, 0.3) is 0 Å². The maximum Gasteiger partial charge on any atom is 0.416 e. The fourth-order valence-corrected chi connectivity index (χ4v) is 8.58. The Bertz CT molecular complexity index is 2200. The third-order valence-corrected chi connectivity index (χ3v) is 10.9. The average Bonchev–Trinajstić information content (AvgIpc) is 3.52. The lowest BCUT2D eigenvalue weighted by molar-refractivity contribution is -0.144. The van der Waals surface area contributed by atoms with E-state index in [1.807, 2.05) is 0 Å². The number of rotatable bonds is 4. The van der Waals surface area contributed by atoms with E-state index in [0.717, 1.165) is 13.2 Å². The van der Waals surface area contributed by atoms with Crippen LogP contribution in [0.5, 0.6) is 11.5 Å². The van der Waals surface area contributed by atoms with E-state index in [-0.39, 0.29) is 69.5 Å². The third kappa shape index (κ3) is 6.45. The topological polar surface area (TPSA) is 104 Å². The lowest BCUT2D eigenvalue weighted by atomic mass is 9.57. The fourth-order valence-electron chi connectivity index (χ4n) is 8.58. The van der Waals surface area contributed by atoms with Crippen molar-refractivity contribution in [2.75, 3.05) is 16.9 Å². The second kappa shape index (κ2) is 13.0. The van der Waals surface area contributed by atoms with Crippen molar-refractivity contribution in [3.05, 3.63) is 94.1 Å². The van der Waals surface area contributed by atoms with Crippen molar-refractivity contribution in [1.82, 2.24) is 0 Å². The van der Waals surface area contributed by atoms with E-state index in [9.17, 15) is 77.0 Å². The van der Waals surface area contributed by atoms with Gasteiger partial charge < -0.3 is 9.84 Å². The van der Waals surface area contributed by atoms with Gasteiger partial charge in [0.15, 0.2) is 0 Å². The highest BCUT2D eigenvalue weighted by molar-refractivity contribution is 6.24. The number of phenolic OH excluding ortho intramolecular Hbond substituents is 1. The minimum absolute atomic E-state index is 0.0864. The molecular weight excluding hydrogens is 796 g/mol. The van der Waals surface area contributed by atoms with Gasteiger partial charge >= 0.3 is 24.7 Å². The van der Waals surface area contributed by atoms with Crippen LogP contribution in [-0.4, -0.2) is 35.8 Å². The van der Waals surface area contributed by atoms with Crippen LogP contribution in [0.4, 0.5) is 64.1 Å². The van der Waals surface area contributed by atoms with Crippen LogP contribution in [0.1, 0.15) is 46.6 Å². The molecule has 0 aromatic heterocycles. The molecule has 3 aromatic carbocycles. The second-order valence-electron chi connectivity index (χ2n) is 14.0. The van der Waals surface area contributed by atoms with Crippen LogP contribution in [0.25, 0.3) is 0 Å². The summed E-state index contributed by atoms with van der Waals surface area (Å²) in [5, 5.41) is 11.1. The van der Waals surface area contributed by atoms with E-state index in [0.29, 0.717) is 0 Å². The molecule has 0 spiro atoms. The molecule has 6 atom stereocenters. The molecule has 6 unspecified atom stereocenters. The number of nitrogens with zero attached hydrogens (tertiary/aromatic N) is 2. The zero-order valence-corrected chi connectivity index (χ0v) is 28.6. The SMILES string of the molecule is COc1cccc(O)c1C1C2=CCC3C(=O)N(c4cc(C(F)(F)F)cc(C(F)(F)F)c4)C(=O)C3C2CC2C(=O)N(c3cc(C(F)(F)F)cc(C(F)(F)F)c3)C(=O)C21. The number of methoxy groups -OCH3 is 1. The van der Waals surface area contributed by atoms with Gasteiger partial charge in [-0.25, -0.2) is 9.80 Å². The van der Waals surface area contributed by atoms with Crippen molar-refractivity contribution in [2.45, 2.75) is 43.5 Å². The normalized spacial score (nSPS) is 25.4. The molecule has 57 heavy (non-hydrogen) atoms. The van der Waals surface area contributed by atoms with Gasteiger partial charge in [0, 0.05) is 11.5 Å². The van der Waals surface area contributed by atoms with Crippen LogP contribution < -0.4 is 14.5 Å². The molecule has 2 aliphatic heterocycles. The summed E-state index contributed by atoms with van der Waals surface area (Å²) in [7, 11) is 1.15. The van der Waals surface area contributed by atoms with Gasteiger partial charge in [-0.15, -0.1) is 0 Å². The van der Waals surface area contributed by atoms with Crippen molar-refractivity contribution >= 4 is 35.0 Å². The first kappa shape index (κ1) is 39.7. The molecule has 2 heterocycles. The molecule has 2 saturated heterocycles. The summed E-state index contributed by atoms with van der Waals surface area (Å²) in [5.74, 6) is -14.9. The minimum Gasteiger partial charge on any atom is -0.508 e. The Balaban J connectivity index is 1.37. The summed E-state index contributed by atoms with van der Waals surface area (Å²) in [6, 6.07) is 4.06. The quantitative estimate of drug-likeness (QED) is 0.161. The van der Waals surface area contributed by atoms with E-state index < -0.39 is 130 Å². The number of hydrogen-bond acceptors (Lipinski definition) is 6. The predicted molar refractivity (Wildman–Crippen MR) is 170 cm³/mol. The lowest BCUT2D eigenvalue weighted by Crippen LogP contribution is -2.43. The molecule has 0 radical (unpaired) electrons. The van der Waals surface area contributed by atoms with Crippen molar-refractivity contribution in [3.8, 4) is 11.5 Å². The van der Waals surface area contributed by atoms with Crippen LogP contribution in [0.15, 0.2) is 66.2 Å². The first-order valence-electron chi connectivity index (χ1n) is 16.7. The van der Waals surface area contributed by atoms with Crippen LogP contribution >= 0.6 is 0 Å². The Morgan fingerprint density at radius 3 is 1.47 bits per heavy atom. The summed E-state index contributed by atoms with van der Waals surface area (Å²) in [6.07, 6.45) is -21.1. The summed E-state index contributed by atoms with van der Waals surface area (Å²) in [6.45, 7) is 0. The zero-order chi connectivity index (χ0) is 41.9. The highest BCUT2D eigenvalue weighted by Gasteiger charge is 2.63. The number of imide groups is 2. The Hall–Kier alpha value is -5.56. The smallest absolute Gasteiger partial charge is 0.416 e. The van der Waals surface area contributed by atoms with Crippen LogP contribution in [0.2, 0.25) is 0 Å². The monoisotopic (exact) mass is 820 g/mol. The molecule has 4 aliphatic rings. The lowest BCUT2D eigenvalue weighted by Gasteiger charge is -2.44. The standard InChI is InChI=1S/C37H24F12N2O6/c1-57-25-4-2-3-24(52)29(25)27-20-5-6-21-26(32(55)50(30(21)53)18-9-14(34(38,39)40)7-15(10-18)35(41,42)43)22(20)13-23-28(27)33(56)51(31(23)54)19-11-16(36(44,45)46)8-17(12-19)37(47,48)49/h2-5,7-12,21-23,26-28,52H,6,13H2,1H3. The van der Waals surface area contributed by atoms with Gasteiger partial charge in [0.1, 0.15) is 11.5 Å². The molecule has 4 amide bonds. The minimum atomic E-state index is -5.38. The highest BCUT2D eigenvalue weighted by atomic mass is 19.4. The number of alkyl halides is 12. The van der Waals surface area contributed by atoms with E-state index in [1.165, 1.54) is 18.2 Å². The number of phenols is 1. The number of fused-ring (bicyclic) bond motifs is 4. The average molecular weight is 821 g/mol. The largest absolute Gasteiger partial charge is 0.508 e. The van der Waals surface area contributed by atoms with Crippen LogP contribution in [0.3, 0.4) is 0 Å². The Labute approximate surface area is 312 Å². The summed E-state index contributed by atoms with van der Waals surface area (Å²) in [4.78, 5) is 56.9. The van der Waals surface area contributed by atoms with Crippen molar-refractivity contribution in [3.63, 3.8) is 0 Å². The molecular formula is C37H24F12N2O6. The molecule has 20 heteroatoms. The Morgan fingerprint density at radius 1 is 0.596 bits per heavy atom. The first-order chi connectivity index (χ1) is 26.3. The van der Waals surface area contributed by atoms with Gasteiger partial charge in [0.05, 0.1) is 64.4 Å². The number of carbonyl (C=O) groups excluding carboxylic acids is 4. The fraction of sp³-hybridized carbons (Fsp3) is 0.351. The molecule has 2 aliphatic carbocycles. The van der Waals surface area contributed by atoms with Gasteiger partial charge in [0.2, 0.25) is 23.6 Å². The Morgan fingerprint density at radius 2 is 1.04 bits per heavy atom. The van der Waals surface area contributed by atoms with Crippen LogP contribution in [-0.2, 0) is 43.9 Å². The molecule has 0 bridgehead atoms. The van der Waals surface area contributed by atoms with Gasteiger partial charge in [-0.3, -0.25) is 19.2 Å². The van der Waals surface area contributed by atoms with E-state index >= 15 is 0 Å². The van der Waals surface area contributed by atoms with E-state index in [2.05, 4.69) is 0 Å². The number of anilines is 2. The van der Waals surface area contributed by atoms with Crippen molar-refractivity contribution < 1.29 is 81.7 Å². The number of carbonyl (C=O) groups is 4. The second-order valence-corrected chi connectivity index (χ2v) is 14.0. The van der Waals surface area contributed by atoms with E-state index in [1.54, 1.807) is 0 Å². The highest BCUT2D eigenvalue weighted by Crippen LogP contribution is 2.61. The van der Waals surface area contributed by atoms with Gasteiger partial charge in [-0.1, -0.05) is 17.7 Å². The third-order valence-electron chi connectivity index (χ3n) is 10.9. The summed E-state index contributed by atoms with van der Waals surface area (Å²) in [5.41, 5.74) is -9.60. The number of halogens is 12. The molecule has 3 fully saturated rings. The number of benzene rings is 3.